The minimum atomic E-state index is -0.181. The van der Waals surface area contributed by atoms with E-state index in [0.29, 0.717) is 36.4 Å². The summed E-state index contributed by atoms with van der Waals surface area (Å²) in [6, 6.07) is 6.96. The summed E-state index contributed by atoms with van der Waals surface area (Å²) in [4.78, 5) is 20.6. The average molecular weight is 357 g/mol. The highest BCUT2D eigenvalue weighted by Crippen LogP contribution is 2.17. The van der Waals surface area contributed by atoms with Crippen molar-refractivity contribution in [2.24, 2.45) is 5.92 Å². The number of hydrogen-bond donors (Lipinski definition) is 1. The Hall–Kier alpha value is -2.67. The molecule has 1 fully saturated rings. The SMILES string of the molecule is COc1ccc(CNC(=O)c2ccnc(OCC3CCOCC3)c2)cn1. The zero-order valence-electron chi connectivity index (χ0n) is 14.8. The van der Waals surface area contributed by atoms with E-state index in [-0.39, 0.29) is 5.91 Å². The second-order valence-corrected chi connectivity index (χ2v) is 6.14. The standard InChI is InChI=1S/C19H23N3O4/c1-24-17-3-2-15(11-21-17)12-22-19(23)16-4-7-20-18(10-16)26-13-14-5-8-25-9-6-14/h2-4,7,10-11,14H,5-6,8-9,12-13H2,1H3,(H,22,23). The van der Waals surface area contributed by atoms with Crippen LogP contribution in [-0.4, -0.2) is 42.8 Å². The number of nitrogens with one attached hydrogen (secondary N) is 1. The van der Waals surface area contributed by atoms with Crippen LogP contribution in [0.1, 0.15) is 28.8 Å². The zero-order chi connectivity index (χ0) is 18.2. The van der Waals surface area contributed by atoms with E-state index in [4.69, 9.17) is 14.2 Å². The summed E-state index contributed by atoms with van der Waals surface area (Å²) in [6.45, 7) is 2.55. The van der Waals surface area contributed by atoms with Gasteiger partial charge in [0.2, 0.25) is 11.8 Å². The first-order valence-electron chi connectivity index (χ1n) is 8.68. The summed E-state index contributed by atoms with van der Waals surface area (Å²) in [6.07, 6.45) is 5.25. The van der Waals surface area contributed by atoms with Crippen molar-refractivity contribution in [3.05, 3.63) is 47.8 Å². The number of hydrogen-bond acceptors (Lipinski definition) is 6. The van der Waals surface area contributed by atoms with E-state index in [9.17, 15) is 4.79 Å². The second-order valence-electron chi connectivity index (χ2n) is 6.14. The van der Waals surface area contributed by atoms with Crippen molar-refractivity contribution in [3.8, 4) is 11.8 Å². The molecular formula is C19H23N3O4. The van der Waals surface area contributed by atoms with Gasteiger partial charge in [-0.15, -0.1) is 0 Å². The summed E-state index contributed by atoms with van der Waals surface area (Å²) in [5.41, 5.74) is 1.41. The molecule has 2 aromatic heterocycles. The van der Waals surface area contributed by atoms with Gasteiger partial charge in [0, 0.05) is 49.8 Å². The highest BCUT2D eigenvalue weighted by Gasteiger charge is 2.15. The fourth-order valence-electron chi connectivity index (χ4n) is 2.67. The first kappa shape index (κ1) is 18.1. The molecule has 0 spiro atoms. The molecule has 1 N–H and O–H groups in total. The summed E-state index contributed by atoms with van der Waals surface area (Å²) in [5, 5.41) is 2.87. The molecule has 3 rings (SSSR count). The number of ether oxygens (including phenoxy) is 3. The van der Waals surface area contributed by atoms with Crippen LogP contribution >= 0.6 is 0 Å². The lowest BCUT2D eigenvalue weighted by molar-refractivity contribution is 0.0490. The van der Waals surface area contributed by atoms with Crippen molar-refractivity contribution in [3.63, 3.8) is 0 Å². The van der Waals surface area contributed by atoms with Gasteiger partial charge in [-0.05, 0) is 30.4 Å². The first-order chi connectivity index (χ1) is 12.7. The Morgan fingerprint density at radius 1 is 1.23 bits per heavy atom. The van der Waals surface area contributed by atoms with Crippen LogP contribution in [0.4, 0.5) is 0 Å². The molecule has 0 aliphatic carbocycles. The second kappa shape index (κ2) is 9.15. The van der Waals surface area contributed by atoms with Crippen LogP contribution in [0.25, 0.3) is 0 Å². The monoisotopic (exact) mass is 357 g/mol. The van der Waals surface area contributed by atoms with Crippen LogP contribution in [0, 0.1) is 5.92 Å². The molecule has 0 radical (unpaired) electrons. The number of carbonyl (C=O) groups is 1. The van der Waals surface area contributed by atoms with Gasteiger partial charge in [0.05, 0.1) is 13.7 Å². The van der Waals surface area contributed by atoms with Crippen LogP contribution in [0.15, 0.2) is 36.7 Å². The molecule has 1 aliphatic heterocycles. The lowest BCUT2D eigenvalue weighted by Crippen LogP contribution is -2.23. The normalized spacial score (nSPS) is 14.7. The molecule has 0 unspecified atom stereocenters. The Kier molecular flexibility index (Phi) is 6.38. The molecule has 0 saturated carbocycles. The quantitative estimate of drug-likeness (QED) is 0.818. The zero-order valence-corrected chi connectivity index (χ0v) is 14.8. The summed E-state index contributed by atoms with van der Waals surface area (Å²) in [5.74, 6) is 1.31. The summed E-state index contributed by atoms with van der Waals surface area (Å²) < 4.78 is 16.1. The van der Waals surface area contributed by atoms with Gasteiger partial charge in [0.25, 0.3) is 5.91 Å². The smallest absolute Gasteiger partial charge is 0.251 e. The summed E-state index contributed by atoms with van der Waals surface area (Å²) >= 11 is 0. The fraction of sp³-hybridized carbons (Fsp3) is 0.421. The lowest BCUT2D eigenvalue weighted by atomic mass is 10.0. The molecule has 1 saturated heterocycles. The van der Waals surface area contributed by atoms with Gasteiger partial charge in [0.1, 0.15) is 0 Å². The molecule has 7 nitrogen and oxygen atoms in total. The third-order valence-corrected chi connectivity index (χ3v) is 4.26. The minimum Gasteiger partial charge on any atom is -0.481 e. The lowest BCUT2D eigenvalue weighted by Gasteiger charge is -2.21. The van der Waals surface area contributed by atoms with Crippen LogP contribution in [0.3, 0.4) is 0 Å². The van der Waals surface area contributed by atoms with Gasteiger partial charge in [-0.3, -0.25) is 4.79 Å². The van der Waals surface area contributed by atoms with Crippen molar-refractivity contribution in [1.82, 2.24) is 15.3 Å². The van der Waals surface area contributed by atoms with Gasteiger partial charge in [-0.2, -0.15) is 0 Å². The molecule has 2 aromatic rings. The van der Waals surface area contributed by atoms with Gasteiger partial charge in [-0.25, -0.2) is 9.97 Å². The molecule has 7 heteroatoms. The number of rotatable bonds is 7. The highest BCUT2D eigenvalue weighted by molar-refractivity contribution is 5.94. The molecule has 0 aromatic carbocycles. The predicted molar refractivity (Wildman–Crippen MR) is 95.2 cm³/mol. The average Bonchev–Trinajstić information content (AvgIpc) is 2.72. The van der Waals surface area contributed by atoms with E-state index in [1.807, 2.05) is 6.07 Å². The van der Waals surface area contributed by atoms with Gasteiger partial charge < -0.3 is 19.5 Å². The Labute approximate surface area is 152 Å². The van der Waals surface area contributed by atoms with Gasteiger partial charge in [-0.1, -0.05) is 6.07 Å². The van der Waals surface area contributed by atoms with Crippen molar-refractivity contribution < 1.29 is 19.0 Å². The topological polar surface area (TPSA) is 82.6 Å². The molecule has 1 aliphatic rings. The van der Waals surface area contributed by atoms with Crippen LogP contribution in [0.5, 0.6) is 11.8 Å². The van der Waals surface area contributed by atoms with Gasteiger partial charge in [0.15, 0.2) is 0 Å². The van der Waals surface area contributed by atoms with E-state index in [0.717, 1.165) is 31.6 Å². The third kappa shape index (κ3) is 5.16. The number of amides is 1. The maximum Gasteiger partial charge on any atom is 0.251 e. The van der Waals surface area contributed by atoms with Crippen molar-refractivity contribution >= 4 is 5.91 Å². The Morgan fingerprint density at radius 2 is 2.08 bits per heavy atom. The molecule has 1 amide bonds. The number of pyridine rings is 2. The Morgan fingerprint density at radius 3 is 2.81 bits per heavy atom. The van der Waals surface area contributed by atoms with Crippen molar-refractivity contribution in [1.29, 1.82) is 0 Å². The van der Waals surface area contributed by atoms with E-state index in [2.05, 4.69) is 15.3 Å². The maximum absolute atomic E-state index is 12.3. The molecule has 0 atom stereocenters. The number of methoxy groups -OCH3 is 1. The molecule has 26 heavy (non-hydrogen) atoms. The fourth-order valence-corrected chi connectivity index (χ4v) is 2.67. The molecule has 138 valence electrons. The van der Waals surface area contributed by atoms with E-state index < -0.39 is 0 Å². The Bertz CT molecular complexity index is 715. The largest absolute Gasteiger partial charge is 0.481 e. The van der Waals surface area contributed by atoms with Gasteiger partial charge >= 0.3 is 0 Å². The van der Waals surface area contributed by atoms with Crippen LogP contribution in [-0.2, 0) is 11.3 Å². The minimum absolute atomic E-state index is 0.181. The molecule has 0 bridgehead atoms. The van der Waals surface area contributed by atoms with Crippen LogP contribution in [0.2, 0.25) is 0 Å². The van der Waals surface area contributed by atoms with Crippen molar-refractivity contribution in [2.75, 3.05) is 26.9 Å². The van der Waals surface area contributed by atoms with E-state index in [1.54, 1.807) is 37.7 Å². The highest BCUT2D eigenvalue weighted by atomic mass is 16.5. The van der Waals surface area contributed by atoms with E-state index in [1.165, 1.54) is 0 Å². The van der Waals surface area contributed by atoms with Crippen LogP contribution < -0.4 is 14.8 Å². The third-order valence-electron chi connectivity index (χ3n) is 4.26. The molecule has 3 heterocycles. The number of aromatic nitrogens is 2. The number of nitrogens with zero attached hydrogens (tertiary/aromatic N) is 2. The predicted octanol–water partition coefficient (Wildman–Crippen LogP) is 2.22. The molecular weight excluding hydrogens is 334 g/mol. The van der Waals surface area contributed by atoms with E-state index >= 15 is 0 Å². The first-order valence-corrected chi connectivity index (χ1v) is 8.68. The van der Waals surface area contributed by atoms with Crippen molar-refractivity contribution in [2.45, 2.75) is 19.4 Å². The Balaban J connectivity index is 1.51. The maximum atomic E-state index is 12.3. The summed E-state index contributed by atoms with van der Waals surface area (Å²) in [7, 11) is 1.56. The number of carbonyl (C=O) groups excluding carboxylic acids is 1.